The maximum absolute atomic E-state index is 13.0. The van der Waals surface area contributed by atoms with E-state index in [0.717, 1.165) is 37.2 Å². The van der Waals surface area contributed by atoms with Crippen LogP contribution < -0.4 is 0 Å². The van der Waals surface area contributed by atoms with Crippen LogP contribution >= 0.6 is 0 Å². The van der Waals surface area contributed by atoms with Gasteiger partial charge in [0.25, 0.3) is 0 Å². The van der Waals surface area contributed by atoms with Crippen LogP contribution in [0.2, 0.25) is 0 Å². The van der Waals surface area contributed by atoms with Crippen molar-refractivity contribution >= 4 is 5.97 Å². The van der Waals surface area contributed by atoms with Crippen molar-refractivity contribution in [2.45, 2.75) is 45.4 Å². The summed E-state index contributed by atoms with van der Waals surface area (Å²) >= 11 is 0. The Morgan fingerprint density at radius 3 is 2.27 bits per heavy atom. The van der Waals surface area contributed by atoms with Crippen LogP contribution in [-0.4, -0.2) is 48.8 Å². The molecule has 0 spiro atoms. The molecule has 3 rings (SSSR count). The molecule has 0 aromatic heterocycles. The number of ether oxygens (including phenoxy) is 1. The van der Waals surface area contributed by atoms with Gasteiger partial charge < -0.3 is 9.84 Å². The van der Waals surface area contributed by atoms with Crippen LogP contribution in [0.4, 0.5) is 0 Å². The Kier molecular flexibility index (Phi) is 8.06. The summed E-state index contributed by atoms with van der Waals surface area (Å²) in [6.45, 7) is 6.99. The van der Waals surface area contributed by atoms with Gasteiger partial charge in [-0.15, -0.1) is 0 Å². The zero-order valence-corrected chi connectivity index (χ0v) is 18.3. The fourth-order valence-corrected chi connectivity index (χ4v) is 4.52. The monoisotopic (exact) mass is 409 g/mol. The van der Waals surface area contributed by atoms with Gasteiger partial charge in [0.2, 0.25) is 0 Å². The molecule has 1 heterocycles. The minimum absolute atomic E-state index is 0.102. The number of likely N-dealkylation sites (tertiary alicyclic amines) is 1. The van der Waals surface area contributed by atoms with Gasteiger partial charge in [0, 0.05) is 12.5 Å². The molecule has 1 aliphatic heterocycles. The van der Waals surface area contributed by atoms with Crippen molar-refractivity contribution in [1.82, 2.24) is 4.90 Å². The molecule has 1 fully saturated rings. The molecule has 0 amide bonds. The van der Waals surface area contributed by atoms with E-state index in [-0.39, 0.29) is 18.5 Å². The summed E-state index contributed by atoms with van der Waals surface area (Å²) < 4.78 is 5.66. The molecule has 0 aliphatic carbocycles. The van der Waals surface area contributed by atoms with E-state index in [2.05, 4.69) is 48.2 Å². The third-order valence-corrected chi connectivity index (χ3v) is 6.48. The standard InChI is InChI=1S/C26H35NO3/c1-3-24(23-14-12-22(13-15-23)21-10-6-4-7-11-21)26(2,20-28)25(29)30-19-18-27-16-8-5-9-17-27/h4,6-7,10-15,24,28H,3,5,8-9,16-20H2,1-2H3. The molecule has 1 aliphatic rings. The maximum Gasteiger partial charge on any atom is 0.314 e. The van der Waals surface area contributed by atoms with Gasteiger partial charge in [-0.3, -0.25) is 9.69 Å². The maximum atomic E-state index is 13.0. The average molecular weight is 410 g/mol. The number of carbonyl (C=O) groups is 1. The first-order valence-electron chi connectivity index (χ1n) is 11.2. The van der Waals surface area contributed by atoms with Crippen LogP contribution in [0.1, 0.15) is 51.0 Å². The molecule has 1 saturated heterocycles. The van der Waals surface area contributed by atoms with E-state index in [4.69, 9.17) is 4.74 Å². The highest BCUT2D eigenvalue weighted by atomic mass is 16.5. The summed E-state index contributed by atoms with van der Waals surface area (Å²) in [6, 6.07) is 18.6. The lowest BCUT2D eigenvalue weighted by Gasteiger charge is -2.34. The molecule has 0 saturated carbocycles. The number of hydrogen-bond acceptors (Lipinski definition) is 4. The Hall–Kier alpha value is -2.17. The van der Waals surface area contributed by atoms with Gasteiger partial charge in [-0.1, -0.05) is 67.9 Å². The van der Waals surface area contributed by atoms with Crippen LogP contribution in [0, 0.1) is 5.41 Å². The number of aliphatic hydroxyl groups excluding tert-OH is 1. The van der Waals surface area contributed by atoms with Crippen molar-refractivity contribution in [3.63, 3.8) is 0 Å². The quantitative estimate of drug-likeness (QED) is 0.600. The minimum Gasteiger partial charge on any atom is -0.464 e. The van der Waals surface area contributed by atoms with Gasteiger partial charge in [0.15, 0.2) is 0 Å². The number of piperidine rings is 1. The highest BCUT2D eigenvalue weighted by molar-refractivity contribution is 5.78. The smallest absolute Gasteiger partial charge is 0.314 e. The normalized spacial score (nSPS) is 17.8. The van der Waals surface area contributed by atoms with Gasteiger partial charge in [-0.2, -0.15) is 0 Å². The topological polar surface area (TPSA) is 49.8 Å². The SMILES string of the molecule is CCC(c1ccc(-c2ccccc2)cc1)C(C)(CO)C(=O)OCCN1CCCCC1. The summed E-state index contributed by atoms with van der Waals surface area (Å²) in [6.07, 6.45) is 4.49. The Bertz CT molecular complexity index is 784. The van der Waals surface area contributed by atoms with Crippen LogP contribution in [-0.2, 0) is 9.53 Å². The van der Waals surface area contributed by atoms with Gasteiger partial charge in [0.05, 0.1) is 12.0 Å². The fourth-order valence-electron chi connectivity index (χ4n) is 4.52. The largest absolute Gasteiger partial charge is 0.464 e. The first-order chi connectivity index (χ1) is 14.6. The van der Waals surface area contributed by atoms with Gasteiger partial charge in [0.1, 0.15) is 6.61 Å². The lowest BCUT2D eigenvalue weighted by molar-refractivity contribution is -0.159. The molecule has 0 bridgehead atoms. The van der Waals surface area contributed by atoms with Crippen LogP contribution in [0.25, 0.3) is 11.1 Å². The minimum atomic E-state index is -0.953. The number of hydrogen-bond donors (Lipinski definition) is 1. The van der Waals surface area contributed by atoms with Crippen LogP contribution in [0.15, 0.2) is 54.6 Å². The third-order valence-electron chi connectivity index (χ3n) is 6.48. The molecule has 162 valence electrons. The molecule has 4 nitrogen and oxygen atoms in total. The van der Waals surface area contributed by atoms with Crippen LogP contribution in [0.5, 0.6) is 0 Å². The Morgan fingerprint density at radius 2 is 1.67 bits per heavy atom. The second kappa shape index (κ2) is 10.7. The van der Waals surface area contributed by atoms with Gasteiger partial charge in [-0.05, 0) is 56.0 Å². The molecule has 2 aromatic carbocycles. The zero-order valence-electron chi connectivity index (χ0n) is 18.3. The summed E-state index contributed by atoms with van der Waals surface area (Å²) in [7, 11) is 0. The number of esters is 1. The number of aliphatic hydroxyl groups is 1. The third kappa shape index (κ3) is 5.30. The highest BCUT2D eigenvalue weighted by Crippen LogP contribution is 2.40. The number of rotatable bonds is 9. The molecule has 30 heavy (non-hydrogen) atoms. The van der Waals surface area contributed by atoms with E-state index in [1.54, 1.807) is 0 Å². The van der Waals surface area contributed by atoms with E-state index >= 15 is 0 Å². The molecular weight excluding hydrogens is 374 g/mol. The zero-order chi connectivity index (χ0) is 21.4. The highest BCUT2D eigenvalue weighted by Gasteiger charge is 2.42. The summed E-state index contributed by atoms with van der Waals surface area (Å²) in [4.78, 5) is 15.4. The van der Waals surface area contributed by atoms with E-state index in [1.165, 1.54) is 24.8 Å². The van der Waals surface area contributed by atoms with Gasteiger partial charge in [-0.25, -0.2) is 0 Å². The van der Waals surface area contributed by atoms with Crippen LogP contribution in [0.3, 0.4) is 0 Å². The molecular formula is C26H35NO3. The average Bonchev–Trinajstić information content (AvgIpc) is 2.81. The van der Waals surface area contributed by atoms with Crippen molar-refractivity contribution in [3.8, 4) is 11.1 Å². The van der Waals surface area contributed by atoms with E-state index in [0.29, 0.717) is 6.61 Å². The van der Waals surface area contributed by atoms with E-state index in [9.17, 15) is 9.90 Å². The number of benzene rings is 2. The molecule has 1 N–H and O–H groups in total. The molecule has 2 atom stereocenters. The summed E-state index contributed by atoms with van der Waals surface area (Å²) in [5.41, 5.74) is 2.41. The number of nitrogens with zero attached hydrogens (tertiary/aromatic N) is 1. The second-order valence-corrected chi connectivity index (χ2v) is 8.56. The van der Waals surface area contributed by atoms with Crippen molar-refractivity contribution < 1.29 is 14.6 Å². The lowest BCUT2D eigenvalue weighted by Crippen LogP contribution is -2.41. The van der Waals surface area contributed by atoms with Crippen molar-refractivity contribution in [2.24, 2.45) is 5.41 Å². The Morgan fingerprint density at radius 1 is 1.03 bits per heavy atom. The summed E-state index contributed by atoms with van der Waals surface area (Å²) in [5, 5.41) is 10.2. The van der Waals surface area contributed by atoms with E-state index < -0.39 is 5.41 Å². The first-order valence-corrected chi connectivity index (χ1v) is 11.2. The molecule has 2 unspecified atom stereocenters. The summed E-state index contributed by atoms with van der Waals surface area (Å²) in [5.74, 6) is -0.407. The van der Waals surface area contributed by atoms with Crippen molar-refractivity contribution in [3.05, 3.63) is 60.2 Å². The van der Waals surface area contributed by atoms with Gasteiger partial charge >= 0.3 is 5.97 Å². The van der Waals surface area contributed by atoms with Crippen molar-refractivity contribution in [1.29, 1.82) is 0 Å². The molecule has 0 radical (unpaired) electrons. The Labute approximate surface area is 180 Å². The molecule has 2 aromatic rings. The Balaban J connectivity index is 1.67. The first kappa shape index (κ1) is 22.5. The lowest BCUT2D eigenvalue weighted by atomic mass is 9.72. The van der Waals surface area contributed by atoms with E-state index in [1.807, 2.05) is 25.1 Å². The second-order valence-electron chi connectivity index (χ2n) is 8.56. The number of carbonyl (C=O) groups excluding carboxylic acids is 1. The fraction of sp³-hybridized carbons (Fsp3) is 0.500. The van der Waals surface area contributed by atoms with Crippen molar-refractivity contribution in [2.75, 3.05) is 32.8 Å². The predicted octanol–water partition coefficient (Wildman–Crippen LogP) is 4.87. The predicted molar refractivity (Wildman–Crippen MR) is 121 cm³/mol. The molecule has 4 heteroatoms.